The Kier molecular flexibility index (Phi) is 26.1. The van der Waals surface area contributed by atoms with Gasteiger partial charge >= 0.3 is 5.97 Å². The minimum Gasteiger partial charge on any atom is -0.480 e. The lowest BCUT2D eigenvalue weighted by molar-refractivity contribution is -0.144. The van der Waals surface area contributed by atoms with Gasteiger partial charge in [-0.15, -0.1) is 0 Å². The van der Waals surface area contributed by atoms with Crippen molar-refractivity contribution in [3.63, 3.8) is 0 Å². The minimum absolute atomic E-state index is 0.0127. The van der Waals surface area contributed by atoms with Gasteiger partial charge in [-0.25, -0.2) is 4.79 Å². The van der Waals surface area contributed by atoms with Crippen molar-refractivity contribution in [3.05, 3.63) is 0 Å². The third kappa shape index (κ3) is 19.8. The van der Waals surface area contributed by atoms with E-state index in [4.69, 9.17) is 22.9 Å². The molecule has 0 saturated carbocycles. The fourth-order valence-corrected chi connectivity index (χ4v) is 8.12. The van der Waals surface area contributed by atoms with Crippen LogP contribution in [0.5, 0.6) is 0 Å². The summed E-state index contributed by atoms with van der Waals surface area (Å²) < 4.78 is 0. The molecule has 29 heteroatoms. The molecule has 0 spiro atoms. The SMILES string of the molecule is CC(C)C[C@H](NC(=O)[C@H](CCC(N)=O)NC(=O)[C@@H](NC(=O)[C@@H]1CCCN1C(=O)[C@H](C)NC(=O)[C@H](CO)NC(=O)[C@H](CO)NC(=O)[C@@H]1CCCN1C(=O)[C@@H](N)CCCCN)[C@@H](C)O)C(=O)N[C@@H](CC(N)=O)C(=O)O. The molecule has 2 aliphatic rings. The number of primary amides is 2. The van der Waals surface area contributed by atoms with Crippen molar-refractivity contribution < 1.29 is 78.0 Å². The zero-order valence-corrected chi connectivity index (χ0v) is 41.6. The second-order valence-corrected chi connectivity index (χ2v) is 18.5. The van der Waals surface area contributed by atoms with E-state index in [-0.39, 0.29) is 44.7 Å². The van der Waals surface area contributed by atoms with E-state index < -0.39 is 170 Å². The molecule has 0 aliphatic carbocycles. The number of aliphatic hydroxyl groups is 3. The number of carbonyl (C=O) groups excluding carboxylic acids is 11. The van der Waals surface area contributed by atoms with Crippen LogP contribution in [-0.4, -0.2) is 201 Å². The van der Waals surface area contributed by atoms with Gasteiger partial charge in [0.1, 0.15) is 54.4 Å². The summed E-state index contributed by atoms with van der Waals surface area (Å²) in [5, 5.41) is 56.3. The topological polar surface area (TPSA) is 481 Å². The second-order valence-electron chi connectivity index (χ2n) is 18.5. The van der Waals surface area contributed by atoms with E-state index in [1.165, 1.54) is 11.8 Å². The summed E-state index contributed by atoms with van der Waals surface area (Å²) in [7, 11) is 0. The Morgan fingerprint density at radius 1 is 0.589 bits per heavy atom. The van der Waals surface area contributed by atoms with Crippen molar-refractivity contribution >= 4 is 70.9 Å². The smallest absolute Gasteiger partial charge is 0.326 e. The highest BCUT2D eigenvalue weighted by atomic mass is 16.4. The van der Waals surface area contributed by atoms with Crippen LogP contribution in [0.15, 0.2) is 0 Å². The van der Waals surface area contributed by atoms with Crippen LogP contribution >= 0.6 is 0 Å². The van der Waals surface area contributed by atoms with Gasteiger partial charge < -0.3 is 90.4 Å². The van der Waals surface area contributed by atoms with E-state index in [0.29, 0.717) is 32.2 Å². The van der Waals surface area contributed by atoms with Gasteiger partial charge in [-0.1, -0.05) is 20.3 Å². The molecule has 11 amide bonds. The zero-order valence-electron chi connectivity index (χ0n) is 41.6. The molecule has 0 unspecified atom stereocenters. The Balaban J connectivity index is 2.14. The molecular weight excluding hydrogens is 967 g/mol. The molecule has 0 aromatic rings. The molecule has 29 nitrogen and oxygen atoms in total. The lowest BCUT2D eigenvalue weighted by Crippen LogP contribution is -2.61. The summed E-state index contributed by atoms with van der Waals surface area (Å²) in [5.41, 5.74) is 22.0. The van der Waals surface area contributed by atoms with Crippen LogP contribution in [-0.2, 0) is 57.5 Å². The first-order valence-corrected chi connectivity index (χ1v) is 24.2. The Morgan fingerprint density at radius 3 is 1.58 bits per heavy atom. The van der Waals surface area contributed by atoms with Crippen molar-refractivity contribution in [1.29, 1.82) is 0 Å². The van der Waals surface area contributed by atoms with Crippen molar-refractivity contribution in [3.8, 4) is 0 Å². The van der Waals surface area contributed by atoms with E-state index in [9.17, 15) is 78.0 Å². The minimum atomic E-state index is -1.79. The number of likely N-dealkylation sites (tertiary alicyclic amines) is 2. The van der Waals surface area contributed by atoms with Crippen LogP contribution in [0.1, 0.15) is 98.3 Å². The lowest BCUT2D eigenvalue weighted by Gasteiger charge is -2.30. The first-order valence-electron chi connectivity index (χ1n) is 24.2. The molecule has 2 saturated heterocycles. The van der Waals surface area contributed by atoms with Crippen LogP contribution in [0.25, 0.3) is 0 Å². The van der Waals surface area contributed by atoms with E-state index in [1.54, 1.807) is 13.8 Å². The first-order chi connectivity index (χ1) is 34.3. The molecule has 412 valence electrons. The van der Waals surface area contributed by atoms with Gasteiger partial charge in [-0.05, 0) is 77.7 Å². The number of aliphatic hydroxyl groups excluding tert-OH is 3. The average Bonchev–Trinajstić information content (AvgIpc) is 4.02. The van der Waals surface area contributed by atoms with E-state index in [2.05, 4.69) is 37.2 Å². The Hall–Kier alpha value is -6.56. The molecule has 19 N–H and O–H groups in total. The maximum Gasteiger partial charge on any atom is 0.326 e. The van der Waals surface area contributed by atoms with Crippen LogP contribution in [0.2, 0.25) is 0 Å². The zero-order chi connectivity index (χ0) is 55.3. The predicted molar refractivity (Wildman–Crippen MR) is 255 cm³/mol. The number of aliphatic carboxylic acids is 1. The lowest BCUT2D eigenvalue weighted by atomic mass is 10.0. The Bertz CT molecular complexity index is 1990. The van der Waals surface area contributed by atoms with Gasteiger partial charge in [0.2, 0.25) is 65.0 Å². The average molecular weight is 1040 g/mol. The number of amides is 11. The Labute approximate surface area is 421 Å². The molecule has 2 heterocycles. The van der Waals surface area contributed by atoms with Crippen LogP contribution < -0.4 is 60.2 Å². The number of nitrogens with one attached hydrogen (secondary N) is 7. The first kappa shape index (κ1) is 62.6. The van der Waals surface area contributed by atoms with Gasteiger partial charge in [0.15, 0.2) is 0 Å². The molecule has 73 heavy (non-hydrogen) atoms. The fraction of sp³-hybridized carbons (Fsp3) is 0.727. The fourth-order valence-electron chi connectivity index (χ4n) is 8.12. The number of carbonyl (C=O) groups is 12. The summed E-state index contributed by atoms with van der Waals surface area (Å²) in [5.74, 6) is -12.1. The Morgan fingerprint density at radius 2 is 1.07 bits per heavy atom. The number of rotatable bonds is 31. The van der Waals surface area contributed by atoms with Crippen LogP contribution in [0.4, 0.5) is 0 Å². The molecule has 0 aromatic carbocycles. The molecule has 2 aliphatic heterocycles. The highest BCUT2D eigenvalue weighted by Gasteiger charge is 2.41. The van der Waals surface area contributed by atoms with E-state index >= 15 is 0 Å². The maximum atomic E-state index is 13.7. The number of nitrogens with two attached hydrogens (primary N) is 4. The van der Waals surface area contributed by atoms with Crippen molar-refractivity contribution in [2.45, 2.75) is 165 Å². The molecule has 2 fully saturated rings. The summed E-state index contributed by atoms with van der Waals surface area (Å²) in [6.45, 7) is 4.46. The summed E-state index contributed by atoms with van der Waals surface area (Å²) in [6, 6.07) is -14.5. The van der Waals surface area contributed by atoms with Gasteiger partial charge in [0, 0.05) is 19.5 Å². The number of carboxylic acid groups (broad SMARTS) is 1. The van der Waals surface area contributed by atoms with Gasteiger partial charge in [-0.2, -0.15) is 0 Å². The number of hydrogen-bond acceptors (Lipinski definition) is 17. The van der Waals surface area contributed by atoms with E-state index in [0.717, 1.165) is 11.8 Å². The number of carboxylic acids is 1. The van der Waals surface area contributed by atoms with Crippen LogP contribution in [0.3, 0.4) is 0 Å². The van der Waals surface area contributed by atoms with Crippen molar-refractivity contribution in [2.24, 2.45) is 28.9 Å². The third-order valence-electron chi connectivity index (χ3n) is 12.1. The molecule has 0 aromatic heterocycles. The van der Waals surface area contributed by atoms with Crippen LogP contribution in [0, 0.1) is 5.92 Å². The largest absolute Gasteiger partial charge is 0.480 e. The van der Waals surface area contributed by atoms with Gasteiger partial charge in [0.05, 0.1) is 31.8 Å². The predicted octanol–water partition coefficient (Wildman–Crippen LogP) is -7.52. The third-order valence-corrected chi connectivity index (χ3v) is 12.1. The summed E-state index contributed by atoms with van der Waals surface area (Å²) >= 11 is 0. The number of hydrogen-bond donors (Lipinski definition) is 15. The monoisotopic (exact) mass is 1040 g/mol. The highest BCUT2D eigenvalue weighted by Crippen LogP contribution is 2.21. The quantitative estimate of drug-likeness (QED) is 0.0287. The van der Waals surface area contributed by atoms with E-state index in [1.807, 2.05) is 0 Å². The normalized spacial score (nSPS) is 19.1. The van der Waals surface area contributed by atoms with Gasteiger partial charge in [-0.3, -0.25) is 52.7 Å². The number of nitrogens with zero attached hydrogens (tertiary/aromatic N) is 2. The maximum absolute atomic E-state index is 13.7. The summed E-state index contributed by atoms with van der Waals surface area (Å²) in [4.78, 5) is 158. The molecule has 2 rings (SSSR count). The molecule has 11 atom stereocenters. The number of unbranched alkanes of at least 4 members (excludes halogenated alkanes) is 1. The summed E-state index contributed by atoms with van der Waals surface area (Å²) in [6.07, 6.45) is -0.723. The van der Waals surface area contributed by atoms with Crippen molar-refractivity contribution in [2.75, 3.05) is 32.8 Å². The van der Waals surface area contributed by atoms with Crippen molar-refractivity contribution in [1.82, 2.24) is 47.0 Å². The molecular formula is C44H75N13O16. The highest BCUT2D eigenvalue weighted by molar-refractivity contribution is 5.99. The molecule has 0 radical (unpaired) electrons. The second kappa shape index (κ2) is 30.5. The standard InChI is InChI=1S/C44H75N13O16/c1-21(2)17-26(36(64)52-27(44(72)73)18-33(48)62)51-35(63)25(12-13-32(47)61)50-41(69)34(23(4)60)55-40(68)31-11-7-15-56(31)42(70)22(3)49-37(65)28(19-58)53-38(66)29(20-59)54-39(67)30-10-8-16-57(30)43(71)24(46)9-5-6-14-45/h21-31,34,58-60H,5-20,45-46H2,1-4H3,(H2,47,61)(H2,48,62)(H,49,65)(H,50,69)(H,51,63)(H,52,64)(H,53,66)(H,54,67)(H,55,68)(H,72,73)/t22-,23+,24-,25-,26-,27-,28-,29-,30-,31-,34-/m0/s1. The molecule has 0 bridgehead atoms. The van der Waals surface area contributed by atoms with Gasteiger partial charge in [0.25, 0.3) is 0 Å².